The number of ether oxygens (including phenoxy) is 1. The minimum absolute atomic E-state index is 0.215. The molecule has 22 heavy (non-hydrogen) atoms. The van der Waals surface area contributed by atoms with E-state index in [1.165, 1.54) is 4.31 Å². The third kappa shape index (κ3) is 3.98. The number of nitrogens with one attached hydrogen (secondary N) is 1. The molecule has 1 aliphatic heterocycles. The number of alkyl carbamates (subject to hydrolysis) is 1. The maximum absolute atomic E-state index is 12.7. The normalized spacial score (nSPS) is 19.6. The largest absolute Gasteiger partial charge is 0.450 e. The van der Waals surface area contributed by atoms with Crippen LogP contribution >= 0.6 is 0 Å². The van der Waals surface area contributed by atoms with Crippen molar-refractivity contribution in [2.75, 3.05) is 19.7 Å². The summed E-state index contributed by atoms with van der Waals surface area (Å²) in [5, 5.41) is 2.72. The van der Waals surface area contributed by atoms with Crippen LogP contribution < -0.4 is 5.32 Å². The fourth-order valence-corrected chi connectivity index (χ4v) is 4.17. The number of aryl methyl sites for hydroxylation is 1. The average molecular weight is 326 g/mol. The Morgan fingerprint density at radius 1 is 1.45 bits per heavy atom. The molecule has 122 valence electrons. The van der Waals surface area contributed by atoms with E-state index in [2.05, 4.69) is 5.32 Å². The summed E-state index contributed by atoms with van der Waals surface area (Å²) in [6, 6.07) is 6.65. The van der Waals surface area contributed by atoms with E-state index in [0.29, 0.717) is 24.5 Å². The molecular weight excluding hydrogens is 304 g/mol. The SMILES string of the molecule is CCOC(=O)N[C@@H]1CCCN(S(=O)(=O)c2cccc(C)c2)C1. The van der Waals surface area contributed by atoms with Gasteiger partial charge in [0, 0.05) is 19.1 Å². The van der Waals surface area contributed by atoms with Gasteiger partial charge in [0.2, 0.25) is 10.0 Å². The lowest BCUT2D eigenvalue weighted by Crippen LogP contribution is -2.49. The maximum Gasteiger partial charge on any atom is 0.407 e. The second-order valence-corrected chi connectivity index (χ2v) is 7.32. The highest BCUT2D eigenvalue weighted by atomic mass is 32.2. The van der Waals surface area contributed by atoms with Crippen LogP contribution in [-0.4, -0.2) is 44.6 Å². The molecule has 6 nitrogen and oxygen atoms in total. The van der Waals surface area contributed by atoms with Gasteiger partial charge in [-0.3, -0.25) is 0 Å². The highest BCUT2D eigenvalue weighted by Crippen LogP contribution is 2.21. The second kappa shape index (κ2) is 7.11. The Morgan fingerprint density at radius 2 is 2.23 bits per heavy atom. The molecule has 0 unspecified atom stereocenters. The predicted molar refractivity (Wildman–Crippen MR) is 83.1 cm³/mol. The summed E-state index contributed by atoms with van der Waals surface area (Å²) in [4.78, 5) is 11.8. The zero-order valence-electron chi connectivity index (χ0n) is 12.9. The first-order valence-electron chi connectivity index (χ1n) is 7.43. The van der Waals surface area contributed by atoms with Gasteiger partial charge in [0.05, 0.1) is 11.5 Å². The van der Waals surface area contributed by atoms with Crippen molar-refractivity contribution in [3.63, 3.8) is 0 Å². The van der Waals surface area contributed by atoms with Gasteiger partial charge in [0.15, 0.2) is 0 Å². The van der Waals surface area contributed by atoms with Gasteiger partial charge in [0.25, 0.3) is 0 Å². The van der Waals surface area contributed by atoms with Crippen LogP contribution in [0.3, 0.4) is 0 Å². The number of benzene rings is 1. The molecule has 7 heteroatoms. The predicted octanol–water partition coefficient (Wildman–Crippen LogP) is 1.89. The standard InChI is InChI=1S/C15H22N2O4S/c1-3-21-15(18)16-13-7-5-9-17(11-13)22(19,20)14-8-4-6-12(2)10-14/h4,6,8,10,13H,3,5,7,9,11H2,1-2H3,(H,16,18)/t13-/m1/s1. The van der Waals surface area contributed by atoms with Crippen molar-refractivity contribution in [3.8, 4) is 0 Å². The Bertz CT molecular complexity index is 630. The lowest BCUT2D eigenvalue weighted by Gasteiger charge is -2.32. The van der Waals surface area contributed by atoms with Crippen molar-refractivity contribution in [1.29, 1.82) is 0 Å². The molecule has 0 aromatic heterocycles. The van der Waals surface area contributed by atoms with Crippen molar-refractivity contribution in [2.24, 2.45) is 0 Å². The van der Waals surface area contributed by atoms with Gasteiger partial charge in [-0.2, -0.15) is 4.31 Å². The molecule has 0 saturated carbocycles. The number of nitrogens with zero attached hydrogens (tertiary/aromatic N) is 1. The Hall–Kier alpha value is -1.60. The van der Waals surface area contributed by atoms with E-state index in [9.17, 15) is 13.2 Å². The number of sulfonamides is 1. The van der Waals surface area contributed by atoms with Crippen LogP contribution in [0.4, 0.5) is 4.79 Å². The van der Waals surface area contributed by atoms with E-state index in [0.717, 1.165) is 12.0 Å². The first-order valence-corrected chi connectivity index (χ1v) is 8.87. The fourth-order valence-electron chi connectivity index (χ4n) is 2.54. The molecule has 1 fully saturated rings. The van der Waals surface area contributed by atoms with Gasteiger partial charge in [-0.25, -0.2) is 13.2 Å². The minimum atomic E-state index is -3.52. The van der Waals surface area contributed by atoms with Gasteiger partial charge >= 0.3 is 6.09 Å². The van der Waals surface area contributed by atoms with Crippen LogP contribution in [0.5, 0.6) is 0 Å². The lowest BCUT2D eigenvalue weighted by atomic mass is 10.1. The molecule has 0 radical (unpaired) electrons. The number of piperidine rings is 1. The summed E-state index contributed by atoms with van der Waals surface area (Å²) in [6.07, 6.45) is 0.961. The zero-order valence-corrected chi connectivity index (χ0v) is 13.7. The van der Waals surface area contributed by atoms with Gasteiger partial charge < -0.3 is 10.1 Å². The van der Waals surface area contributed by atoms with E-state index in [1.54, 1.807) is 25.1 Å². The Morgan fingerprint density at radius 3 is 2.91 bits per heavy atom. The molecule has 1 heterocycles. The number of amides is 1. The van der Waals surface area contributed by atoms with Crippen LogP contribution in [0.1, 0.15) is 25.3 Å². The molecule has 0 bridgehead atoms. The minimum Gasteiger partial charge on any atom is -0.450 e. The molecule has 1 aromatic rings. The van der Waals surface area contributed by atoms with Crippen molar-refractivity contribution in [2.45, 2.75) is 37.6 Å². The summed E-state index contributed by atoms with van der Waals surface area (Å²) < 4.78 is 31.6. The van der Waals surface area contributed by atoms with E-state index >= 15 is 0 Å². The summed E-state index contributed by atoms with van der Waals surface area (Å²) >= 11 is 0. The highest BCUT2D eigenvalue weighted by molar-refractivity contribution is 7.89. The number of carbonyl (C=O) groups is 1. The van der Waals surface area contributed by atoms with Gasteiger partial charge in [-0.1, -0.05) is 12.1 Å². The Labute approximate surface area is 131 Å². The molecule has 0 aliphatic carbocycles. The van der Waals surface area contributed by atoms with E-state index in [4.69, 9.17) is 4.74 Å². The van der Waals surface area contributed by atoms with Gasteiger partial charge in [0.1, 0.15) is 0 Å². The van der Waals surface area contributed by atoms with Crippen molar-refractivity contribution in [3.05, 3.63) is 29.8 Å². The molecule has 1 saturated heterocycles. The molecule has 1 N–H and O–H groups in total. The van der Waals surface area contributed by atoms with Crippen molar-refractivity contribution in [1.82, 2.24) is 9.62 Å². The molecular formula is C15H22N2O4S. The monoisotopic (exact) mass is 326 g/mol. The molecule has 1 atom stereocenters. The van der Waals surface area contributed by atoms with Crippen molar-refractivity contribution < 1.29 is 17.9 Å². The average Bonchev–Trinajstić information content (AvgIpc) is 2.47. The van der Waals surface area contributed by atoms with E-state index < -0.39 is 16.1 Å². The number of carbonyl (C=O) groups excluding carboxylic acids is 1. The first-order chi connectivity index (χ1) is 10.4. The summed E-state index contributed by atoms with van der Waals surface area (Å²) in [5.41, 5.74) is 0.902. The maximum atomic E-state index is 12.7. The molecule has 2 rings (SSSR count). The van der Waals surface area contributed by atoms with Crippen LogP contribution in [0.2, 0.25) is 0 Å². The van der Waals surface area contributed by atoms with Gasteiger partial charge in [-0.15, -0.1) is 0 Å². The number of hydrogen-bond acceptors (Lipinski definition) is 4. The second-order valence-electron chi connectivity index (χ2n) is 5.38. The smallest absolute Gasteiger partial charge is 0.407 e. The van der Waals surface area contributed by atoms with E-state index in [1.807, 2.05) is 13.0 Å². The molecule has 1 aliphatic rings. The Kier molecular flexibility index (Phi) is 5.42. The molecule has 1 aromatic carbocycles. The Balaban J connectivity index is 2.09. The van der Waals surface area contributed by atoms with Crippen LogP contribution in [0.25, 0.3) is 0 Å². The number of hydrogen-bond donors (Lipinski definition) is 1. The quantitative estimate of drug-likeness (QED) is 0.917. The van der Waals surface area contributed by atoms with Crippen molar-refractivity contribution >= 4 is 16.1 Å². The zero-order chi connectivity index (χ0) is 16.2. The molecule has 0 spiro atoms. The van der Waals surface area contributed by atoms with Crippen LogP contribution in [-0.2, 0) is 14.8 Å². The topological polar surface area (TPSA) is 75.7 Å². The highest BCUT2D eigenvalue weighted by Gasteiger charge is 2.31. The first kappa shape index (κ1) is 16.8. The van der Waals surface area contributed by atoms with Crippen LogP contribution in [0.15, 0.2) is 29.2 Å². The van der Waals surface area contributed by atoms with Gasteiger partial charge in [-0.05, 0) is 44.4 Å². The summed E-state index contributed by atoms with van der Waals surface area (Å²) in [7, 11) is -3.52. The fraction of sp³-hybridized carbons (Fsp3) is 0.533. The summed E-state index contributed by atoms with van der Waals surface area (Å²) in [6.45, 7) is 4.63. The summed E-state index contributed by atoms with van der Waals surface area (Å²) in [5.74, 6) is 0. The van der Waals surface area contributed by atoms with E-state index in [-0.39, 0.29) is 12.6 Å². The number of rotatable bonds is 4. The van der Waals surface area contributed by atoms with Crippen LogP contribution in [0, 0.1) is 6.92 Å². The molecule has 1 amide bonds. The third-order valence-electron chi connectivity index (χ3n) is 3.61. The lowest BCUT2D eigenvalue weighted by molar-refractivity contribution is 0.142. The third-order valence-corrected chi connectivity index (χ3v) is 5.47.